The van der Waals surface area contributed by atoms with Crippen molar-refractivity contribution in [2.75, 3.05) is 5.32 Å². The van der Waals surface area contributed by atoms with Crippen LogP contribution in [0.15, 0.2) is 18.2 Å². The number of aryl methyl sites for hydroxylation is 1. The summed E-state index contributed by atoms with van der Waals surface area (Å²) in [4.78, 5) is 22.6. The van der Waals surface area contributed by atoms with Crippen LogP contribution in [-0.2, 0) is 16.1 Å². The lowest BCUT2D eigenvalue weighted by atomic mass is 10.2. The molecule has 7 heteroatoms. The number of hydrogen-bond acceptors (Lipinski definition) is 3. The Balaban J connectivity index is 2.34. The van der Waals surface area contributed by atoms with Gasteiger partial charge in [-0.3, -0.25) is 14.3 Å². The number of aromatic nitrogens is 2. The first-order valence-corrected chi connectivity index (χ1v) is 6.98. The smallest absolute Gasteiger partial charge is 0.291 e. The van der Waals surface area contributed by atoms with Gasteiger partial charge in [-0.1, -0.05) is 17.7 Å². The van der Waals surface area contributed by atoms with Gasteiger partial charge in [0.15, 0.2) is 0 Å². The maximum absolute atomic E-state index is 13.9. The summed E-state index contributed by atoms with van der Waals surface area (Å²) in [5.41, 5.74) is 1.93. The van der Waals surface area contributed by atoms with Crippen LogP contribution in [0.25, 0.3) is 0 Å². The summed E-state index contributed by atoms with van der Waals surface area (Å²) in [5, 5.41) is 7.09. The average Bonchev–Trinajstić information content (AvgIpc) is 2.70. The summed E-state index contributed by atoms with van der Waals surface area (Å²) in [5.74, 6) is -1.73. The molecule has 0 fully saturated rings. The van der Waals surface area contributed by atoms with Crippen molar-refractivity contribution in [2.24, 2.45) is 0 Å². The van der Waals surface area contributed by atoms with E-state index in [0.29, 0.717) is 27.7 Å². The molecule has 22 heavy (non-hydrogen) atoms. The highest BCUT2D eigenvalue weighted by molar-refractivity contribution is 6.39. The molecule has 1 heterocycles. The van der Waals surface area contributed by atoms with Crippen molar-refractivity contribution in [1.82, 2.24) is 9.78 Å². The molecule has 0 saturated carbocycles. The van der Waals surface area contributed by atoms with Crippen LogP contribution in [0.2, 0.25) is 5.02 Å². The second kappa shape index (κ2) is 6.27. The Morgan fingerprint density at radius 3 is 2.64 bits per heavy atom. The van der Waals surface area contributed by atoms with Gasteiger partial charge in [0.2, 0.25) is 5.78 Å². The van der Waals surface area contributed by atoms with Gasteiger partial charge in [0.1, 0.15) is 5.82 Å². The fourth-order valence-corrected chi connectivity index (χ4v) is 2.29. The van der Waals surface area contributed by atoms with E-state index >= 15 is 0 Å². The van der Waals surface area contributed by atoms with Crippen molar-refractivity contribution < 1.29 is 14.0 Å². The van der Waals surface area contributed by atoms with Crippen LogP contribution in [0.1, 0.15) is 23.9 Å². The third-order valence-electron chi connectivity index (χ3n) is 3.31. The quantitative estimate of drug-likeness (QED) is 0.880. The van der Waals surface area contributed by atoms with Crippen LogP contribution < -0.4 is 5.32 Å². The van der Waals surface area contributed by atoms with Gasteiger partial charge >= 0.3 is 0 Å². The molecule has 5 nitrogen and oxygen atoms in total. The van der Waals surface area contributed by atoms with Crippen LogP contribution in [0, 0.1) is 19.7 Å². The van der Waals surface area contributed by atoms with Crippen molar-refractivity contribution in [3.63, 3.8) is 0 Å². The van der Waals surface area contributed by atoms with E-state index in [1.165, 1.54) is 23.7 Å². The number of ketones is 1. The summed E-state index contributed by atoms with van der Waals surface area (Å²) in [6.07, 6.45) is 0. The molecule has 0 saturated heterocycles. The van der Waals surface area contributed by atoms with E-state index in [2.05, 4.69) is 10.4 Å². The minimum Gasteiger partial charge on any atom is -0.316 e. The fourth-order valence-electron chi connectivity index (χ4n) is 2.07. The molecule has 0 atom stereocenters. The zero-order valence-electron chi connectivity index (χ0n) is 12.4. The predicted octanol–water partition coefficient (Wildman–Crippen LogP) is 2.87. The first-order valence-electron chi connectivity index (χ1n) is 6.60. The maximum Gasteiger partial charge on any atom is 0.291 e. The SMILES string of the molecule is CC(=O)C(=O)Nc1c(C)nn(Cc2c(F)cccc2Cl)c1C. The number of carbonyl (C=O) groups excluding carboxylic acids is 2. The van der Waals surface area contributed by atoms with Gasteiger partial charge in [-0.25, -0.2) is 4.39 Å². The first-order chi connectivity index (χ1) is 10.3. The van der Waals surface area contributed by atoms with Crippen LogP contribution >= 0.6 is 11.6 Å². The van der Waals surface area contributed by atoms with Gasteiger partial charge in [-0.15, -0.1) is 0 Å². The van der Waals surface area contributed by atoms with E-state index in [4.69, 9.17) is 11.6 Å². The number of rotatable bonds is 4. The number of hydrogen-bond donors (Lipinski definition) is 1. The molecular formula is C15H15ClFN3O2. The Bertz CT molecular complexity index is 735. The minimum atomic E-state index is -0.713. The van der Waals surface area contributed by atoms with E-state index in [0.717, 1.165) is 0 Å². The molecule has 116 valence electrons. The number of Topliss-reactive ketones (excluding diaryl/α,β-unsaturated/α-hetero) is 1. The molecule has 1 amide bonds. The maximum atomic E-state index is 13.9. The standard InChI is InChI=1S/C15H15ClFN3O2/c1-8-14(18-15(22)10(3)21)9(2)20(19-8)7-11-12(16)5-4-6-13(11)17/h4-6H,7H2,1-3H3,(H,18,22). The zero-order valence-corrected chi connectivity index (χ0v) is 13.2. The van der Waals surface area contributed by atoms with Gasteiger partial charge in [-0.2, -0.15) is 5.10 Å². The topological polar surface area (TPSA) is 64.0 Å². The molecule has 0 aliphatic rings. The molecule has 2 rings (SSSR count). The highest BCUT2D eigenvalue weighted by atomic mass is 35.5. The summed E-state index contributed by atoms with van der Waals surface area (Å²) in [7, 11) is 0. The number of nitrogens with one attached hydrogen (secondary N) is 1. The van der Waals surface area contributed by atoms with Crippen LogP contribution in [0.5, 0.6) is 0 Å². The van der Waals surface area contributed by atoms with Gasteiger partial charge in [0, 0.05) is 17.5 Å². The lowest BCUT2D eigenvalue weighted by Crippen LogP contribution is -2.20. The third kappa shape index (κ3) is 3.17. The highest BCUT2D eigenvalue weighted by Gasteiger charge is 2.18. The molecule has 0 radical (unpaired) electrons. The van der Waals surface area contributed by atoms with E-state index in [1.54, 1.807) is 19.9 Å². The molecule has 0 unspecified atom stereocenters. The van der Waals surface area contributed by atoms with Crippen molar-refractivity contribution in [2.45, 2.75) is 27.3 Å². The second-order valence-electron chi connectivity index (χ2n) is 4.91. The normalized spacial score (nSPS) is 10.6. The van der Waals surface area contributed by atoms with Crippen LogP contribution in [0.3, 0.4) is 0 Å². The average molecular weight is 324 g/mol. The number of carbonyl (C=O) groups is 2. The monoisotopic (exact) mass is 323 g/mol. The Morgan fingerprint density at radius 2 is 2.05 bits per heavy atom. The number of nitrogens with zero attached hydrogens (tertiary/aromatic N) is 2. The van der Waals surface area contributed by atoms with Gasteiger partial charge in [-0.05, 0) is 26.0 Å². The molecule has 1 aromatic heterocycles. The second-order valence-corrected chi connectivity index (χ2v) is 5.32. The van der Waals surface area contributed by atoms with Crippen molar-refractivity contribution >= 4 is 29.0 Å². The van der Waals surface area contributed by atoms with E-state index in [-0.39, 0.29) is 6.54 Å². The number of benzene rings is 1. The van der Waals surface area contributed by atoms with Gasteiger partial charge in [0.25, 0.3) is 5.91 Å². The van der Waals surface area contributed by atoms with Crippen molar-refractivity contribution in [3.05, 3.63) is 46.0 Å². The molecule has 1 N–H and O–H groups in total. The number of halogens is 2. The predicted molar refractivity (Wildman–Crippen MR) is 81.5 cm³/mol. The zero-order chi connectivity index (χ0) is 16.4. The molecule has 0 spiro atoms. The van der Waals surface area contributed by atoms with Crippen LogP contribution in [-0.4, -0.2) is 21.5 Å². The fraction of sp³-hybridized carbons (Fsp3) is 0.267. The Kier molecular flexibility index (Phi) is 4.61. The lowest BCUT2D eigenvalue weighted by Gasteiger charge is -2.08. The van der Waals surface area contributed by atoms with Crippen molar-refractivity contribution in [3.8, 4) is 0 Å². The Hall–Kier alpha value is -2.21. The van der Waals surface area contributed by atoms with Gasteiger partial charge < -0.3 is 5.32 Å². The van der Waals surface area contributed by atoms with Gasteiger partial charge in [0.05, 0.1) is 23.6 Å². The molecule has 2 aromatic rings. The lowest BCUT2D eigenvalue weighted by molar-refractivity contribution is -0.133. The number of amides is 1. The van der Waals surface area contributed by atoms with Crippen LogP contribution in [0.4, 0.5) is 10.1 Å². The molecule has 0 aliphatic heterocycles. The minimum absolute atomic E-state index is 0.133. The highest BCUT2D eigenvalue weighted by Crippen LogP contribution is 2.24. The molecular weight excluding hydrogens is 309 g/mol. The number of anilines is 1. The molecule has 1 aromatic carbocycles. The third-order valence-corrected chi connectivity index (χ3v) is 3.66. The summed E-state index contributed by atoms with van der Waals surface area (Å²) < 4.78 is 15.4. The van der Waals surface area contributed by atoms with E-state index in [9.17, 15) is 14.0 Å². The summed E-state index contributed by atoms with van der Waals surface area (Å²) in [6, 6.07) is 4.45. The summed E-state index contributed by atoms with van der Waals surface area (Å²) >= 11 is 6.01. The largest absolute Gasteiger partial charge is 0.316 e. The summed E-state index contributed by atoms with van der Waals surface area (Å²) in [6.45, 7) is 4.74. The Labute approximate surface area is 132 Å². The molecule has 0 aliphatic carbocycles. The van der Waals surface area contributed by atoms with E-state index < -0.39 is 17.5 Å². The van der Waals surface area contributed by atoms with E-state index in [1.807, 2.05) is 0 Å². The first kappa shape index (κ1) is 16.2. The Morgan fingerprint density at radius 1 is 1.36 bits per heavy atom. The van der Waals surface area contributed by atoms with Crippen molar-refractivity contribution in [1.29, 1.82) is 0 Å². The molecule has 0 bridgehead atoms.